The average Bonchev–Trinajstić information content (AvgIpc) is 2.95. The topological polar surface area (TPSA) is 63.2 Å². The maximum absolute atomic E-state index is 12.3. The van der Waals surface area contributed by atoms with Crippen LogP contribution in [0.2, 0.25) is 0 Å². The van der Waals surface area contributed by atoms with E-state index in [0.717, 1.165) is 21.1 Å². The van der Waals surface area contributed by atoms with Gasteiger partial charge in [0.25, 0.3) is 0 Å². The number of thiazole rings is 1. The molecule has 2 atom stereocenters. The number of rotatable bonds is 4. The van der Waals surface area contributed by atoms with Crippen LogP contribution in [0.3, 0.4) is 0 Å². The van der Waals surface area contributed by atoms with Crippen molar-refractivity contribution in [3.8, 4) is 10.6 Å². The number of nitrogens with one attached hydrogen (secondary N) is 2. The minimum Gasteiger partial charge on any atom is -0.375 e. The lowest BCUT2D eigenvalue weighted by Crippen LogP contribution is -2.55. The van der Waals surface area contributed by atoms with Crippen molar-refractivity contribution in [2.75, 3.05) is 13.2 Å². The first-order valence-corrected chi connectivity index (χ1v) is 8.61. The third-order valence-corrected chi connectivity index (χ3v) is 5.14. The van der Waals surface area contributed by atoms with Gasteiger partial charge in [0.15, 0.2) is 0 Å². The molecule has 1 aliphatic rings. The molecule has 2 aromatic rings. The number of amides is 1. The number of carbonyl (C=O) groups excluding carboxylic acids is 1. The van der Waals surface area contributed by atoms with Gasteiger partial charge in [0.05, 0.1) is 24.9 Å². The number of benzene rings is 1. The molecule has 0 saturated carbocycles. The zero-order chi connectivity index (χ0) is 16.2. The predicted octanol–water partition coefficient (Wildman–Crippen LogP) is 2.53. The molecule has 1 saturated heterocycles. The maximum Gasteiger partial charge on any atom is 0.240 e. The molecular weight excluding hydrogens is 346 g/mol. The molecular formula is C17H22ClN3O2S. The number of hydrogen-bond acceptors (Lipinski definition) is 5. The second kappa shape index (κ2) is 8.58. The summed E-state index contributed by atoms with van der Waals surface area (Å²) in [7, 11) is 0. The summed E-state index contributed by atoms with van der Waals surface area (Å²) in [4.78, 5) is 18.0. The highest BCUT2D eigenvalue weighted by atomic mass is 35.5. The van der Waals surface area contributed by atoms with Crippen LogP contribution in [0.15, 0.2) is 30.3 Å². The van der Waals surface area contributed by atoms with E-state index in [2.05, 4.69) is 15.6 Å². The Morgan fingerprint density at radius 1 is 1.42 bits per heavy atom. The molecule has 1 aromatic heterocycles. The van der Waals surface area contributed by atoms with Gasteiger partial charge in [-0.25, -0.2) is 4.98 Å². The highest BCUT2D eigenvalue weighted by molar-refractivity contribution is 7.15. The third-order valence-electron chi connectivity index (χ3n) is 3.94. The van der Waals surface area contributed by atoms with Crippen molar-refractivity contribution in [3.63, 3.8) is 0 Å². The fraction of sp³-hybridized carbons (Fsp3) is 0.412. The van der Waals surface area contributed by atoms with Gasteiger partial charge >= 0.3 is 0 Å². The molecule has 1 amide bonds. The highest BCUT2D eigenvalue weighted by Crippen LogP contribution is 2.27. The number of nitrogens with zero attached hydrogens (tertiary/aromatic N) is 1. The molecule has 2 N–H and O–H groups in total. The first-order chi connectivity index (χ1) is 11.1. The number of aryl methyl sites for hydroxylation is 1. The Morgan fingerprint density at radius 3 is 2.88 bits per heavy atom. The number of ether oxygens (including phenoxy) is 1. The van der Waals surface area contributed by atoms with Gasteiger partial charge in [-0.2, -0.15) is 0 Å². The summed E-state index contributed by atoms with van der Waals surface area (Å²) < 4.78 is 5.52. The van der Waals surface area contributed by atoms with Crippen molar-refractivity contribution < 1.29 is 9.53 Å². The molecule has 2 heterocycles. The Kier molecular flexibility index (Phi) is 6.74. The van der Waals surface area contributed by atoms with Crippen LogP contribution >= 0.6 is 23.7 Å². The summed E-state index contributed by atoms with van der Waals surface area (Å²) in [6, 6.07) is 9.81. The number of carbonyl (C=O) groups is 1. The van der Waals surface area contributed by atoms with Crippen LogP contribution in [0.4, 0.5) is 0 Å². The van der Waals surface area contributed by atoms with Crippen LogP contribution in [0, 0.1) is 6.92 Å². The lowest BCUT2D eigenvalue weighted by molar-refractivity contribution is -0.129. The largest absolute Gasteiger partial charge is 0.375 e. The van der Waals surface area contributed by atoms with Crippen LogP contribution in [0.1, 0.15) is 17.5 Å². The molecule has 1 aromatic carbocycles. The predicted molar refractivity (Wildman–Crippen MR) is 98.6 cm³/mol. The van der Waals surface area contributed by atoms with E-state index in [9.17, 15) is 4.79 Å². The highest BCUT2D eigenvalue weighted by Gasteiger charge is 2.28. The SMILES string of the molecule is Cc1nc(-c2ccccc2)sc1CNC(=O)[C@H]1NCCO[C@@H]1C.Cl. The van der Waals surface area contributed by atoms with Crippen molar-refractivity contribution >= 4 is 29.7 Å². The summed E-state index contributed by atoms with van der Waals surface area (Å²) in [6.45, 7) is 5.76. The van der Waals surface area contributed by atoms with Gasteiger partial charge in [-0.3, -0.25) is 4.79 Å². The Bertz CT molecular complexity index is 678. The number of morpholine rings is 1. The fourth-order valence-electron chi connectivity index (χ4n) is 2.60. The second-order valence-electron chi connectivity index (χ2n) is 5.62. The van der Waals surface area contributed by atoms with Crippen LogP contribution in [-0.2, 0) is 16.1 Å². The van der Waals surface area contributed by atoms with Crippen LogP contribution in [0.5, 0.6) is 0 Å². The van der Waals surface area contributed by atoms with E-state index < -0.39 is 0 Å². The van der Waals surface area contributed by atoms with E-state index in [1.54, 1.807) is 11.3 Å². The minimum atomic E-state index is -0.287. The van der Waals surface area contributed by atoms with Crippen LogP contribution in [-0.4, -0.2) is 36.2 Å². The minimum absolute atomic E-state index is 0. The van der Waals surface area contributed by atoms with Gasteiger partial charge in [0, 0.05) is 17.0 Å². The molecule has 0 spiro atoms. The van der Waals surface area contributed by atoms with Crippen molar-refractivity contribution in [1.82, 2.24) is 15.6 Å². The fourth-order valence-corrected chi connectivity index (χ4v) is 3.61. The monoisotopic (exact) mass is 367 g/mol. The molecule has 1 aliphatic heterocycles. The molecule has 7 heteroatoms. The van der Waals surface area contributed by atoms with Gasteiger partial charge in [-0.05, 0) is 13.8 Å². The molecule has 0 radical (unpaired) electrons. The molecule has 0 aliphatic carbocycles. The third kappa shape index (κ3) is 4.33. The molecule has 1 fully saturated rings. The molecule has 5 nitrogen and oxygen atoms in total. The van der Waals surface area contributed by atoms with E-state index in [1.807, 2.05) is 44.2 Å². The first-order valence-electron chi connectivity index (χ1n) is 7.79. The Balaban J connectivity index is 0.00000208. The van der Waals surface area contributed by atoms with Gasteiger partial charge in [-0.15, -0.1) is 23.7 Å². The quantitative estimate of drug-likeness (QED) is 0.871. The van der Waals surface area contributed by atoms with E-state index >= 15 is 0 Å². The average molecular weight is 368 g/mol. The van der Waals surface area contributed by atoms with Crippen molar-refractivity contribution in [3.05, 3.63) is 40.9 Å². The smallest absolute Gasteiger partial charge is 0.240 e. The van der Waals surface area contributed by atoms with Crippen LogP contribution < -0.4 is 10.6 Å². The van der Waals surface area contributed by atoms with Gasteiger partial charge in [-0.1, -0.05) is 30.3 Å². The number of hydrogen-bond donors (Lipinski definition) is 2. The Labute approximate surface area is 152 Å². The molecule has 3 rings (SSSR count). The van der Waals surface area contributed by atoms with E-state index in [0.29, 0.717) is 19.7 Å². The first kappa shape index (κ1) is 18.9. The zero-order valence-electron chi connectivity index (χ0n) is 13.7. The molecule has 24 heavy (non-hydrogen) atoms. The Morgan fingerprint density at radius 2 is 2.17 bits per heavy atom. The lowest BCUT2D eigenvalue weighted by Gasteiger charge is -2.29. The summed E-state index contributed by atoms with van der Waals surface area (Å²) >= 11 is 1.62. The lowest BCUT2D eigenvalue weighted by atomic mass is 10.1. The van der Waals surface area contributed by atoms with Crippen molar-refractivity contribution in [2.45, 2.75) is 32.5 Å². The number of halogens is 1. The Hall–Kier alpha value is -1.47. The summed E-state index contributed by atoms with van der Waals surface area (Å²) in [5.41, 5.74) is 2.07. The van der Waals surface area contributed by atoms with Gasteiger partial charge in [0.2, 0.25) is 5.91 Å². The molecule has 130 valence electrons. The second-order valence-corrected chi connectivity index (χ2v) is 6.70. The van der Waals surface area contributed by atoms with E-state index in [1.165, 1.54) is 0 Å². The number of aromatic nitrogens is 1. The summed E-state index contributed by atoms with van der Waals surface area (Å²) in [5.74, 6) is -0.0220. The van der Waals surface area contributed by atoms with Crippen LogP contribution in [0.25, 0.3) is 10.6 Å². The zero-order valence-corrected chi connectivity index (χ0v) is 15.4. The van der Waals surface area contributed by atoms with E-state index in [4.69, 9.17) is 4.74 Å². The van der Waals surface area contributed by atoms with Gasteiger partial charge in [0.1, 0.15) is 11.0 Å². The maximum atomic E-state index is 12.3. The molecule has 0 unspecified atom stereocenters. The summed E-state index contributed by atoms with van der Waals surface area (Å²) in [5, 5.41) is 7.18. The van der Waals surface area contributed by atoms with Gasteiger partial charge < -0.3 is 15.4 Å². The van der Waals surface area contributed by atoms with Crippen molar-refractivity contribution in [2.24, 2.45) is 0 Å². The normalized spacial score (nSPS) is 20.2. The van der Waals surface area contributed by atoms with E-state index in [-0.39, 0.29) is 30.5 Å². The van der Waals surface area contributed by atoms with Crippen molar-refractivity contribution in [1.29, 1.82) is 0 Å². The molecule has 0 bridgehead atoms. The summed E-state index contributed by atoms with van der Waals surface area (Å²) in [6.07, 6.45) is -0.105. The standard InChI is InChI=1S/C17H21N3O2S.ClH/c1-11-14(23-17(20-11)13-6-4-3-5-7-13)10-19-16(21)15-12(2)22-9-8-18-15;/h3-7,12,15,18H,8-10H2,1-2H3,(H,19,21);1H/t12-,15+;/m1./s1.